The summed E-state index contributed by atoms with van der Waals surface area (Å²) in [4.78, 5) is 53.9. The van der Waals surface area contributed by atoms with Gasteiger partial charge in [-0.05, 0) is 31.1 Å². The Morgan fingerprint density at radius 2 is 1.62 bits per heavy atom. The van der Waals surface area contributed by atoms with E-state index >= 15 is 0 Å². The Labute approximate surface area is 365 Å². The van der Waals surface area contributed by atoms with E-state index in [4.69, 9.17) is 18.9 Å². The lowest BCUT2D eigenvalue weighted by molar-refractivity contribution is -0.160. The largest absolute Gasteiger partial charge is 0.507 e. The van der Waals surface area contributed by atoms with Gasteiger partial charge in [-0.2, -0.15) is 5.10 Å². The topological polar surface area (TPSA) is 234 Å². The van der Waals surface area contributed by atoms with Gasteiger partial charge in [0.2, 0.25) is 5.91 Å². The maximum absolute atomic E-state index is 14.5. The molecule has 0 spiro atoms. The molecule has 4 aliphatic rings. The van der Waals surface area contributed by atoms with Crippen LogP contribution in [-0.2, 0) is 41.6 Å². The van der Waals surface area contributed by atoms with Crippen LogP contribution in [0.3, 0.4) is 0 Å². The van der Waals surface area contributed by atoms with Crippen LogP contribution in [0.4, 0.5) is 5.69 Å². The molecule has 6 N–H and O–H groups in total. The average Bonchev–Trinajstić information content (AvgIpc) is 3.51. The SMILES string of the molecule is COC1/C=C\OC2(C)Oc3c(C)c(O)c4c(O)c(c(/C=N\N5Cc6ccccc6CC5=O)c(O)c4c3C2=O)NC(=O)/C(C)=C\C=C/C(C)C(O)C(C)C(O)C(C)C(OC(C)=O)C1C. The van der Waals surface area contributed by atoms with Gasteiger partial charge in [0.15, 0.2) is 5.75 Å². The number of esters is 1. The molecule has 4 heterocycles. The molecule has 7 rings (SSSR count). The van der Waals surface area contributed by atoms with Gasteiger partial charge in [0.25, 0.3) is 11.7 Å². The maximum atomic E-state index is 14.5. The molecule has 336 valence electrons. The average molecular weight is 870 g/mol. The Morgan fingerprint density at radius 3 is 2.29 bits per heavy atom. The molecule has 63 heavy (non-hydrogen) atoms. The number of nitrogens with one attached hydrogen (secondary N) is 1. The van der Waals surface area contributed by atoms with Crippen molar-refractivity contribution in [3.8, 4) is 23.0 Å². The highest BCUT2D eigenvalue weighted by Gasteiger charge is 2.50. The number of anilines is 1. The van der Waals surface area contributed by atoms with Gasteiger partial charge in [-0.1, -0.05) is 70.2 Å². The van der Waals surface area contributed by atoms with Crippen molar-refractivity contribution in [1.82, 2.24) is 5.01 Å². The standard InChI is InChI=1S/C47H55N3O13/c1-22-13-12-14-23(2)46(59)49-37-31(20-48-50-21-30-16-11-10-15-29(30)19-33(50)52)41(56)34-35(42(37)57)40(55)27(6)44-36(34)45(58)47(8,63-44)61-18-17-32(60-9)24(3)43(62-28(7)51)26(5)39(54)25(4)38(22)53/h10-18,20,22,24-26,32,38-39,43,53-57H,19,21H2,1-9H3,(H,49,59)/b13-12-,18-17-,23-14-,48-20-. The number of rotatable bonds is 4. The first-order valence-corrected chi connectivity index (χ1v) is 20.7. The number of nitrogens with zero attached hydrogens (tertiary/aromatic N) is 2. The number of fused-ring (bicyclic) bond motifs is 15. The van der Waals surface area contributed by atoms with Gasteiger partial charge in [-0.25, -0.2) is 5.01 Å². The van der Waals surface area contributed by atoms with Crippen molar-refractivity contribution in [3.63, 3.8) is 0 Å². The molecule has 0 fully saturated rings. The third-order valence-corrected chi connectivity index (χ3v) is 12.4. The lowest BCUT2D eigenvalue weighted by atomic mass is 9.78. The number of phenols is 3. The number of aliphatic hydroxyl groups is 2. The number of aromatic hydroxyl groups is 3. The van der Waals surface area contributed by atoms with E-state index in [-0.39, 0.29) is 63.3 Å². The van der Waals surface area contributed by atoms with E-state index in [0.29, 0.717) is 0 Å². The number of phenolic OH excluding ortho intramolecular Hbond substituents is 3. The van der Waals surface area contributed by atoms with E-state index in [1.54, 1.807) is 39.8 Å². The predicted molar refractivity (Wildman–Crippen MR) is 232 cm³/mol. The Hall–Kier alpha value is -6.23. The monoisotopic (exact) mass is 869 g/mol. The Kier molecular flexibility index (Phi) is 13.4. The van der Waals surface area contributed by atoms with E-state index in [1.165, 1.54) is 58.2 Å². The van der Waals surface area contributed by atoms with Crippen molar-refractivity contribution in [2.75, 3.05) is 12.4 Å². The molecule has 9 unspecified atom stereocenters. The summed E-state index contributed by atoms with van der Waals surface area (Å²) in [6.07, 6.45) is 4.42. The number of amides is 2. The second-order valence-corrected chi connectivity index (χ2v) is 16.8. The molecule has 16 heteroatoms. The molecule has 0 saturated heterocycles. The summed E-state index contributed by atoms with van der Waals surface area (Å²) >= 11 is 0. The molecule has 3 aromatic rings. The lowest BCUT2D eigenvalue weighted by Gasteiger charge is -2.38. The number of ketones is 1. The van der Waals surface area contributed by atoms with E-state index in [1.807, 2.05) is 24.3 Å². The van der Waals surface area contributed by atoms with Gasteiger partial charge < -0.3 is 49.8 Å². The van der Waals surface area contributed by atoms with Crippen molar-refractivity contribution < 1.29 is 63.7 Å². The molecule has 0 aliphatic carbocycles. The van der Waals surface area contributed by atoms with Gasteiger partial charge >= 0.3 is 11.8 Å². The van der Waals surface area contributed by atoms with Crippen LogP contribution in [0.25, 0.3) is 10.8 Å². The smallest absolute Gasteiger partial charge is 0.312 e. The summed E-state index contributed by atoms with van der Waals surface area (Å²) in [5.41, 5.74) is 0.838. The second kappa shape index (κ2) is 18.2. The molecule has 0 aromatic heterocycles. The van der Waals surface area contributed by atoms with Crippen molar-refractivity contribution in [3.05, 3.63) is 88.2 Å². The van der Waals surface area contributed by atoms with Gasteiger partial charge in [-0.3, -0.25) is 19.2 Å². The zero-order valence-electron chi connectivity index (χ0n) is 36.7. The molecule has 5 bridgehead atoms. The van der Waals surface area contributed by atoms with Crippen LogP contribution in [-0.4, -0.2) is 97.6 Å². The highest BCUT2D eigenvalue weighted by atomic mass is 16.7. The first-order valence-electron chi connectivity index (χ1n) is 20.7. The van der Waals surface area contributed by atoms with Gasteiger partial charge in [0.1, 0.15) is 23.4 Å². The fourth-order valence-electron chi connectivity index (χ4n) is 8.49. The van der Waals surface area contributed by atoms with Crippen LogP contribution in [0.15, 0.2) is 65.5 Å². The molecule has 0 saturated carbocycles. The number of hydrogen-bond acceptors (Lipinski definition) is 14. The van der Waals surface area contributed by atoms with Crippen LogP contribution < -0.4 is 10.1 Å². The number of carbonyl (C=O) groups excluding carboxylic acids is 4. The first kappa shape index (κ1) is 46.3. The van der Waals surface area contributed by atoms with Crippen LogP contribution >= 0.6 is 0 Å². The van der Waals surface area contributed by atoms with Gasteiger partial charge in [0.05, 0.1) is 66.0 Å². The van der Waals surface area contributed by atoms with Crippen LogP contribution in [0, 0.1) is 30.6 Å². The van der Waals surface area contributed by atoms with Crippen LogP contribution in [0.2, 0.25) is 0 Å². The van der Waals surface area contributed by atoms with E-state index < -0.39 is 88.8 Å². The molecular weight excluding hydrogens is 815 g/mol. The Bertz CT molecular complexity index is 2460. The Morgan fingerprint density at radius 1 is 0.937 bits per heavy atom. The number of hydrazone groups is 1. The minimum absolute atomic E-state index is 0.00515. The van der Waals surface area contributed by atoms with Crippen molar-refractivity contribution >= 4 is 46.2 Å². The lowest BCUT2D eigenvalue weighted by Crippen LogP contribution is -2.46. The number of aliphatic hydroxyl groups excluding tert-OH is 2. The zero-order valence-corrected chi connectivity index (χ0v) is 36.7. The molecule has 0 radical (unpaired) electrons. The number of allylic oxidation sites excluding steroid dienone is 2. The number of Topliss-reactive ketones (excluding diaryl/α,β-unsaturated/α-hetero) is 1. The minimum Gasteiger partial charge on any atom is -0.507 e. The number of benzene rings is 3. The van der Waals surface area contributed by atoms with Crippen molar-refractivity contribution in [2.24, 2.45) is 28.8 Å². The quantitative estimate of drug-likeness (QED) is 0.0804. The van der Waals surface area contributed by atoms with E-state index in [2.05, 4.69) is 10.4 Å². The summed E-state index contributed by atoms with van der Waals surface area (Å²) in [5.74, 6) is -9.38. The van der Waals surface area contributed by atoms with Gasteiger partial charge in [-0.15, -0.1) is 0 Å². The zero-order chi connectivity index (χ0) is 46.2. The fourth-order valence-corrected chi connectivity index (χ4v) is 8.49. The summed E-state index contributed by atoms with van der Waals surface area (Å²) in [7, 11) is 1.42. The van der Waals surface area contributed by atoms with Crippen LogP contribution in [0.5, 0.6) is 23.0 Å². The highest BCUT2D eigenvalue weighted by Crippen LogP contribution is 2.55. The highest BCUT2D eigenvalue weighted by molar-refractivity contribution is 6.24. The molecule has 9 atom stereocenters. The van der Waals surface area contributed by atoms with E-state index in [0.717, 1.165) is 17.3 Å². The Balaban J connectivity index is 1.53. The molecule has 3 aromatic carbocycles. The van der Waals surface area contributed by atoms with E-state index in [9.17, 15) is 44.7 Å². The molecule has 16 nitrogen and oxygen atoms in total. The number of methoxy groups -OCH3 is 1. The van der Waals surface area contributed by atoms with Crippen LogP contribution in [0.1, 0.15) is 81.1 Å². The maximum Gasteiger partial charge on any atom is 0.312 e. The second-order valence-electron chi connectivity index (χ2n) is 16.8. The van der Waals surface area contributed by atoms with Gasteiger partial charge in [0, 0.05) is 61.2 Å². The normalized spacial score (nSPS) is 30.0. The predicted octanol–water partition coefficient (Wildman–Crippen LogP) is 5.67. The summed E-state index contributed by atoms with van der Waals surface area (Å²) < 4.78 is 23.6. The number of hydrogen-bond donors (Lipinski definition) is 6. The minimum atomic E-state index is -2.10. The third kappa shape index (κ3) is 8.75. The third-order valence-electron chi connectivity index (χ3n) is 12.4. The van der Waals surface area contributed by atoms with Crippen molar-refractivity contribution in [2.45, 2.75) is 98.6 Å². The first-order chi connectivity index (χ1) is 29.7. The summed E-state index contributed by atoms with van der Waals surface area (Å²) in [5, 5.41) is 66.2. The number of carbonyl (C=O) groups is 4. The summed E-state index contributed by atoms with van der Waals surface area (Å²) in [6.45, 7) is 12.4. The molecular formula is C47H55N3O13. The summed E-state index contributed by atoms with van der Waals surface area (Å²) in [6, 6.07) is 7.34. The van der Waals surface area contributed by atoms with Crippen molar-refractivity contribution in [1.29, 1.82) is 0 Å². The fraction of sp³-hybridized carbons (Fsp3) is 0.426. The molecule has 4 aliphatic heterocycles. The molecule has 2 amide bonds. The number of ether oxygens (including phenoxy) is 4.